The number of hydrogen-bond donors (Lipinski definition) is 0. The summed E-state index contributed by atoms with van der Waals surface area (Å²) in [7, 11) is 0. The van der Waals surface area contributed by atoms with Crippen molar-refractivity contribution in [3.05, 3.63) is 72.9 Å². The average Bonchev–Trinajstić information content (AvgIpc) is 3.30. The minimum Gasteiger partial charge on any atom is -0.462 e. The maximum Gasteiger partial charge on any atom is 0.306 e. The van der Waals surface area contributed by atoms with Crippen LogP contribution in [0.3, 0.4) is 0 Å². The summed E-state index contributed by atoms with van der Waals surface area (Å²) in [6.45, 7) is 6.47. The second-order valence-electron chi connectivity index (χ2n) is 18.1. The molecule has 1 atom stereocenters. The Kier molecular flexibility index (Phi) is 50.9. The number of carbonyl (C=O) groups excluding carboxylic acids is 3. The van der Waals surface area contributed by atoms with E-state index in [0.29, 0.717) is 19.3 Å². The van der Waals surface area contributed by atoms with Crippen molar-refractivity contribution in [3.63, 3.8) is 0 Å². The van der Waals surface area contributed by atoms with Crippen molar-refractivity contribution < 1.29 is 28.6 Å². The molecule has 0 aromatic carbocycles. The van der Waals surface area contributed by atoms with Crippen LogP contribution >= 0.6 is 0 Å². The molecule has 0 saturated heterocycles. The Hall–Kier alpha value is -3.15. The molecule has 0 aromatic rings. The van der Waals surface area contributed by atoms with Gasteiger partial charge in [0.2, 0.25) is 0 Å². The van der Waals surface area contributed by atoms with E-state index < -0.39 is 6.10 Å². The van der Waals surface area contributed by atoms with Gasteiger partial charge in [-0.25, -0.2) is 0 Å². The van der Waals surface area contributed by atoms with Gasteiger partial charge in [0.25, 0.3) is 0 Å². The first kappa shape index (κ1) is 61.9. The van der Waals surface area contributed by atoms with E-state index in [9.17, 15) is 14.4 Å². The minimum atomic E-state index is -0.797. The van der Waals surface area contributed by atoms with Gasteiger partial charge >= 0.3 is 17.9 Å². The van der Waals surface area contributed by atoms with Gasteiger partial charge in [-0.2, -0.15) is 0 Å². The second-order valence-corrected chi connectivity index (χ2v) is 18.1. The Bertz CT molecular complexity index is 1230. The normalized spacial score (nSPS) is 12.6. The fourth-order valence-corrected chi connectivity index (χ4v) is 7.58. The number of rotatable bonds is 49. The molecule has 6 heteroatoms. The molecule has 0 radical (unpaired) electrons. The quantitative estimate of drug-likeness (QED) is 0.0262. The summed E-state index contributed by atoms with van der Waals surface area (Å²) >= 11 is 0. The summed E-state index contributed by atoms with van der Waals surface area (Å²) in [4.78, 5) is 38.0. The lowest BCUT2D eigenvalue weighted by atomic mass is 10.0. The van der Waals surface area contributed by atoms with E-state index in [1.807, 2.05) is 0 Å². The van der Waals surface area contributed by atoms with Crippen LogP contribution in [-0.4, -0.2) is 37.2 Å². The van der Waals surface area contributed by atoms with Gasteiger partial charge in [-0.1, -0.05) is 229 Å². The van der Waals surface area contributed by atoms with E-state index in [4.69, 9.17) is 14.2 Å². The topological polar surface area (TPSA) is 78.9 Å². The zero-order valence-corrected chi connectivity index (χ0v) is 42.7. The summed E-state index contributed by atoms with van der Waals surface area (Å²) in [5.41, 5.74) is 0. The lowest BCUT2D eigenvalue weighted by molar-refractivity contribution is -0.167. The highest BCUT2D eigenvalue weighted by molar-refractivity contribution is 5.71. The third-order valence-electron chi connectivity index (χ3n) is 11.7. The van der Waals surface area contributed by atoms with Gasteiger partial charge in [0, 0.05) is 19.3 Å². The first-order valence-corrected chi connectivity index (χ1v) is 27.4. The van der Waals surface area contributed by atoms with Crippen LogP contribution in [0.15, 0.2) is 72.9 Å². The maximum absolute atomic E-state index is 12.8. The van der Waals surface area contributed by atoms with Crippen LogP contribution < -0.4 is 0 Å². The highest BCUT2D eigenvalue weighted by atomic mass is 16.6. The van der Waals surface area contributed by atoms with E-state index in [1.54, 1.807) is 0 Å². The molecule has 0 bridgehead atoms. The molecule has 0 rings (SSSR count). The number of ether oxygens (including phenoxy) is 3. The van der Waals surface area contributed by atoms with Gasteiger partial charge in [0.1, 0.15) is 13.2 Å². The molecule has 6 nitrogen and oxygen atoms in total. The lowest BCUT2D eigenvalue weighted by Crippen LogP contribution is -2.30. The molecular formula is C59H102O6. The van der Waals surface area contributed by atoms with Crippen LogP contribution in [0.25, 0.3) is 0 Å². The van der Waals surface area contributed by atoms with E-state index in [0.717, 1.165) is 83.5 Å². The van der Waals surface area contributed by atoms with Crippen molar-refractivity contribution in [2.75, 3.05) is 13.2 Å². The highest BCUT2D eigenvalue weighted by Gasteiger charge is 2.19. The monoisotopic (exact) mass is 907 g/mol. The maximum atomic E-state index is 12.8. The molecule has 0 fully saturated rings. The van der Waals surface area contributed by atoms with Crippen molar-refractivity contribution in [2.24, 2.45) is 0 Å². The van der Waals surface area contributed by atoms with Crippen LogP contribution in [0, 0.1) is 0 Å². The molecule has 0 aliphatic heterocycles. The molecule has 0 aliphatic rings. The molecule has 0 aromatic heterocycles. The largest absolute Gasteiger partial charge is 0.462 e. The van der Waals surface area contributed by atoms with Crippen molar-refractivity contribution in [1.29, 1.82) is 0 Å². The standard InChI is InChI=1S/C59H102O6/c1-4-7-10-13-16-19-22-25-27-28-29-30-32-34-37-40-43-46-49-52-58(61)64-55-56(54-63-57(60)51-48-45-42-39-36-33-24-21-18-15-12-9-6-3)65-59(62)53-50-47-44-41-38-35-31-26-23-20-17-14-11-8-5-2/h8,11,16-17,19-20,25-27,31,38,41,56H,4-7,9-10,12-15,18,21-24,28-30,32-37,39-40,42-55H2,1-3H3/b11-8-,19-16-,20-17-,27-25-,31-26-,41-38-/t56-/m1/s1. The molecule has 0 amide bonds. The fourth-order valence-electron chi connectivity index (χ4n) is 7.58. The van der Waals surface area contributed by atoms with Gasteiger partial charge in [-0.05, 0) is 89.9 Å². The van der Waals surface area contributed by atoms with E-state index >= 15 is 0 Å². The molecule has 65 heavy (non-hydrogen) atoms. The van der Waals surface area contributed by atoms with Crippen molar-refractivity contribution in [1.82, 2.24) is 0 Å². The first-order valence-electron chi connectivity index (χ1n) is 27.4. The highest BCUT2D eigenvalue weighted by Crippen LogP contribution is 2.15. The van der Waals surface area contributed by atoms with Gasteiger partial charge < -0.3 is 14.2 Å². The number of unbranched alkanes of at least 4 members (excludes halogenated alkanes) is 26. The Labute approximate surface area is 402 Å². The predicted molar refractivity (Wildman–Crippen MR) is 279 cm³/mol. The molecule has 374 valence electrons. The fraction of sp³-hybridized carbons (Fsp3) is 0.746. The van der Waals surface area contributed by atoms with Gasteiger partial charge in [-0.3, -0.25) is 14.4 Å². The zero-order valence-electron chi connectivity index (χ0n) is 42.7. The van der Waals surface area contributed by atoms with Crippen LogP contribution in [0.5, 0.6) is 0 Å². The van der Waals surface area contributed by atoms with Gasteiger partial charge in [-0.15, -0.1) is 0 Å². The molecule has 0 heterocycles. The van der Waals surface area contributed by atoms with Crippen LogP contribution in [-0.2, 0) is 28.6 Å². The van der Waals surface area contributed by atoms with Crippen LogP contribution in [0.2, 0.25) is 0 Å². The van der Waals surface area contributed by atoms with E-state index in [-0.39, 0.29) is 37.5 Å². The van der Waals surface area contributed by atoms with Crippen molar-refractivity contribution in [2.45, 2.75) is 271 Å². The van der Waals surface area contributed by atoms with Crippen molar-refractivity contribution >= 4 is 17.9 Å². The molecule has 0 saturated carbocycles. The van der Waals surface area contributed by atoms with Gasteiger partial charge in [0.15, 0.2) is 6.10 Å². The summed E-state index contributed by atoms with van der Waals surface area (Å²) in [6.07, 6.45) is 67.4. The van der Waals surface area contributed by atoms with E-state index in [1.165, 1.54) is 135 Å². The molecule has 0 N–H and O–H groups in total. The smallest absolute Gasteiger partial charge is 0.306 e. The summed E-state index contributed by atoms with van der Waals surface area (Å²) in [6, 6.07) is 0. The molecule has 0 aliphatic carbocycles. The number of hydrogen-bond acceptors (Lipinski definition) is 6. The summed E-state index contributed by atoms with van der Waals surface area (Å²) < 4.78 is 16.8. The summed E-state index contributed by atoms with van der Waals surface area (Å²) in [5, 5.41) is 0. The average molecular weight is 907 g/mol. The Morgan fingerprint density at radius 3 is 1.00 bits per heavy atom. The van der Waals surface area contributed by atoms with Gasteiger partial charge in [0.05, 0.1) is 0 Å². The molecular weight excluding hydrogens is 805 g/mol. The van der Waals surface area contributed by atoms with E-state index in [2.05, 4.69) is 93.7 Å². The Morgan fingerprint density at radius 2 is 0.600 bits per heavy atom. The van der Waals surface area contributed by atoms with Crippen molar-refractivity contribution in [3.8, 4) is 0 Å². The lowest BCUT2D eigenvalue weighted by Gasteiger charge is -2.18. The minimum absolute atomic E-state index is 0.0915. The SMILES string of the molecule is CC/C=C\C/C=C\C/C=C\C/C=C\CCCCC(=O)O[C@@H](COC(=O)CCCCCCCCCCC/C=C\C/C=C\CCCCC)COC(=O)CCCCCCCCCCCCCCC. The summed E-state index contributed by atoms with van der Waals surface area (Å²) in [5.74, 6) is -0.932. The van der Waals surface area contributed by atoms with Crippen LogP contribution in [0.4, 0.5) is 0 Å². The molecule has 0 spiro atoms. The Morgan fingerprint density at radius 1 is 0.323 bits per heavy atom. The third kappa shape index (κ3) is 51.7. The molecule has 0 unspecified atom stereocenters. The Balaban J connectivity index is 4.41. The zero-order chi connectivity index (χ0) is 47.2. The number of esters is 3. The first-order chi connectivity index (χ1) is 32.0. The van der Waals surface area contributed by atoms with Crippen LogP contribution in [0.1, 0.15) is 265 Å². The second kappa shape index (κ2) is 53.5. The third-order valence-corrected chi connectivity index (χ3v) is 11.7. The number of carbonyl (C=O) groups is 3. The number of allylic oxidation sites excluding steroid dienone is 12. The predicted octanol–water partition coefficient (Wildman–Crippen LogP) is 18.2.